The van der Waals surface area contributed by atoms with Crippen LogP contribution < -0.4 is 4.74 Å². The molecule has 0 unspecified atom stereocenters. The van der Waals surface area contributed by atoms with E-state index in [4.69, 9.17) is 4.74 Å². The van der Waals surface area contributed by atoms with Crippen LogP contribution >= 0.6 is 0 Å². The largest absolute Gasteiger partial charge is 0.493 e. The second kappa shape index (κ2) is 6.80. The van der Waals surface area contributed by atoms with Crippen LogP contribution in [0.3, 0.4) is 0 Å². The van der Waals surface area contributed by atoms with Crippen molar-refractivity contribution in [3.63, 3.8) is 0 Å². The van der Waals surface area contributed by atoms with E-state index in [0.29, 0.717) is 17.0 Å². The number of halogens is 1. The lowest BCUT2D eigenvalue weighted by molar-refractivity contribution is 0.416. The molecule has 0 saturated heterocycles. The number of benzene rings is 2. The Hall–Kier alpha value is -3.47. The zero-order chi connectivity index (χ0) is 17.9. The summed E-state index contributed by atoms with van der Waals surface area (Å²) in [5.41, 5.74) is 3.60. The maximum atomic E-state index is 14.3. The van der Waals surface area contributed by atoms with E-state index in [1.165, 1.54) is 6.07 Å². The lowest BCUT2D eigenvalue weighted by atomic mass is 10.1. The van der Waals surface area contributed by atoms with Crippen LogP contribution in [-0.2, 0) is 0 Å². The van der Waals surface area contributed by atoms with E-state index in [1.807, 2.05) is 42.5 Å². The highest BCUT2D eigenvalue weighted by Gasteiger charge is 2.18. The Morgan fingerprint density at radius 2 is 1.65 bits per heavy atom. The van der Waals surface area contributed by atoms with Gasteiger partial charge < -0.3 is 4.74 Å². The molecule has 0 amide bonds. The Balaban J connectivity index is 1.80. The molecule has 26 heavy (non-hydrogen) atoms. The van der Waals surface area contributed by atoms with E-state index >= 15 is 0 Å². The topological polar surface area (TPSA) is 39.9 Å². The van der Waals surface area contributed by atoms with E-state index in [1.54, 1.807) is 42.4 Å². The van der Waals surface area contributed by atoms with Gasteiger partial charge in [0, 0.05) is 11.1 Å². The van der Waals surface area contributed by atoms with Crippen LogP contribution in [0, 0.1) is 5.82 Å². The fourth-order valence-electron chi connectivity index (χ4n) is 2.87. The van der Waals surface area contributed by atoms with Crippen molar-refractivity contribution in [2.24, 2.45) is 0 Å². The highest BCUT2D eigenvalue weighted by atomic mass is 19.1. The first-order valence-electron chi connectivity index (χ1n) is 8.16. The molecule has 0 spiro atoms. The summed E-state index contributed by atoms with van der Waals surface area (Å²) in [5, 5.41) is 4.36. The third-order valence-corrected chi connectivity index (χ3v) is 4.15. The number of hydrogen-bond acceptors (Lipinski definition) is 3. The minimum Gasteiger partial charge on any atom is -0.493 e. The highest BCUT2D eigenvalue weighted by molar-refractivity contribution is 5.69. The second-order valence-electron chi connectivity index (χ2n) is 5.72. The van der Waals surface area contributed by atoms with E-state index in [-0.39, 0.29) is 5.82 Å². The number of pyridine rings is 1. The molecule has 2 heterocycles. The normalized spacial score (nSPS) is 10.7. The molecule has 0 radical (unpaired) electrons. The Morgan fingerprint density at radius 3 is 2.35 bits per heavy atom. The summed E-state index contributed by atoms with van der Waals surface area (Å²) in [6, 6.07) is 20.3. The van der Waals surface area contributed by atoms with Crippen molar-refractivity contribution in [1.29, 1.82) is 0 Å². The molecule has 0 atom stereocenters. The molecule has 0 saturated carbocycles. The fraction of sp³-hybridized carbons (Fsp3) is 0.0476. The summed E-state index contributed by atoms with van der Waals surface area (Å²) in [5.74, 6) is 0.170. The van der Waals surface area contributed by atoms with Crippen LogP contribution in [0.25, 0.3) is 28.2 Å². The summed E-state index contributed by atoms with van der Waals surface area (Å²) in [6.45, 7) is 0. The van der Waals surface area contributed by atoms with Gasteiger partial charge in [0.2, 0.25) is 0 Å². The smallest absolute Gasteiger partial charge is 0.165 e. The molecule has 4 aromatic rings. The molecule has 4 rings (SSSR count). The van der Waals surface area contributed by atoms with Crippen molar-refractivity contribution in [2.45, 2.75) is 0 Å². The van der Waals surface area contributed by atoms with Gasteiger partial charge in [-0.3, -0.25) is 4.98 Å². The Morgan fingerprint density at radius 1 is 0.885 bits per heavy atom. The third kappa shape index (κ3) is 2.84. The van der Waals surface area contributed by atoms with Gasteiger partial charge in [-0.1, -0.05) is 42.5 Å². The minimum atomic E-state index is -0.332. The highest BCUT2D eigenvalue weighted by Crippen LogP contribution is 2.33. The molecule has 0 bridgehead atoms. The SMILES string of the molecule is COc1cnn(-c2ccc(-c3ccccc3)nc2)c1-c1ccccc1F. The second-order valence-corrected chi connectivity index (χ2v) is 5.72. The maximum absolute atomic E-state index is 14.3. The van der Waals surface area contributed by atoms with Gasteiger partial charge in [-0.15, -0.1) is 0 Å². The van der Waals surface area contributed by atoms with Crippen molar-refractivity contribution in [2.75, 3.05) is 7.11 Å². The number of aromatic nitrogens is 3. The first kappa shape index (κ1) is 16.0. The Labute approximate surface area is 150 Å². The monoisotopic (exact) mass is 345 g/mol. The zero-order valence-corrected chi connectivity index (χ0v) is 14.1. The van der Waals surface area contributed by atoms with Crippen LogP contribution in [0.4, 0.5) is 4.39 Å². The Bertz CT molecular complexity index is 1030. The van der Waals surface area contributed by atoms with Crippen LogP contribution in [0.1, 0.15) is 0 Å². The van der Waals surface area contributed by atoms with Crippen LogP contribution in [0.5, 0.6) is 5.75 Å². The molecule has 0 N–H and O–H groups in total. The van der Waals surface area contributed by atoms with Crippen molar-refractivity contribution in [3.8, 4) is 34.0 Å². The molecule has 128 valence electrons. The van der Waals surface area contributed by atoms with E-state index in [0.717, 1.165) is 16.9 Å². The first-order chi connectivity index (χ1) is 12.8. The number of hydrogen-bond donors (Lipinski definition) is 0. The third-order valence-electron chi connectivity index (χ3n) is 4.15. The number of rotatable bonds is 4. The van der Waals surface area contributed by atoms with Gasteiger partial charge in [-0.05, 0) is 24.3 Å². The molecule has 2 aromatic heterocycles. The predicted molar refractivity (Wildman–Crippen MR) is 98.7 cm³/mol. The molecule has 0 aliphatic heterocycles. The lowest BCUT2D eigenvalue weighted by Crippen LogP contribution is -2.01. The molecule has 4 nitrogen and oxygen atoms in total. The molecular weight excluding hydrogens is 329 g/mol. The van der Waals surface area contributed by atoms with Crippen molar-refractivity contribution in [1.82, 2.24) is 14.8 Å². The van der Waals surface area contributed by atoms with Gasteiger partial charge in [-0.2, -0.15) is 5.10 Å². The van der Waals surface area contributed by atoms with Crippen molar-refractivity contribution in [3.05, 3.63) is 84.9 Å². The average molecular weight is 345 g/mol. The van der Waals surface area contributed by atoms with Crippen LogP contribution in [0.15, 0.2) is 79.1 Å². The number of nitrogens with zero attached hydrogens (tertiary/aromatic N) is 3. The fourth-order valence-corrected chi connectivity index (χ4v) is 2.87. The Kier molecular flexibility index (Phi) is 4.19. The molecular formula is C21H16FN3O. The maximum Gasteiger partial charge on any atom is 0.165 e. The molecule has 0 aliphatic carbocycles. The lowest BCUT2D eigenvalue weighted by Gasteiger charge is -2.10. The summed E-state index contributed by atoms with van der Waals surface area (Å²) in [7, 11) is 1.54. The van der Waals surface area contributed by atoms with Crippen molar-refractivity contribution >= 4 is 0 Å². The van der Waals surface area contributed by atoms with Gasteiger partial charge in [-0.25, -0.2) is 9.07 Å². The molecule has 0 aliphatic rings. The van der Waals surface area contributed by atoms with Crippen LogP contribution in [0.2, 0.25) is 0 Å². The van der Waals surface area contributed by atoms with Gasteiger partial charge in [0.15, 0.2) is 5.75 Å². The minimum absolute atomic E-state index is 0.332. The molecule has 2 aromatic carbocycles. The van der Waals surface area contributed by atoms with Gasteiger partial charge in [0.05, 0.1) is 30.9 Å². The van der Waals surface area contributed by atoms with Crippen LogP contribution in [-0.4, -0.2) is 21.9 Å². The van der Waals surface area contributed by atoms with Crippen molar-refractivity contribution < 1.29 is 9.13 Å². The summed E-state index contributed by atoms with van der Waals surface area (Å²) in [4.78, 5) is 4.52. The summed E-state index contributed by atoms with van der Waals surface area (Å²) < 4.78 is 21.4. The van der Waals surface area contributed by atoms with E-state index in [2.05, 4.69) is 10.1 Å². The van der Waals surface area contributed by atoms with E-state index in [9.17, 15) is 4.39 Å². The standard InChI is InChI=1S/C21H16FN3O/c1-26-20-14-24-25(21(20)17-9-5-6-10-18(17)22)16-11-12-19(23-13-16)15-7-3-2-4-8-15/h2-14H,1H3. The summed E-state index contributed by atoms with van der Waals surface area (Å²) in [6.07, 6.45) is 3.30. The first-order valence-corrected chi connectivity index (χ1v) is 8.16. The molecule has 0 fully saturated rings. The van der Waals surface area contributed by atoms with Gasteiger partial charge >= 0.3 is 0 Å². The number of ether oxygens (including phenoxy) is 1. The zero-order valence-electron chi connectivity index (χ0n) is 14.1. The average Bonchev–Trinajstić information content (AvgIpc) is 3.13. The quantitative estimate of drug-likeness (QED) is 0.536. The van der Waals surface area contributed by atoms with Gasteiger partial charge in [0.25, 0.3) is 0 Å². The molecule has 5 heteroatoms. The number of methoxy groups -OCH3 is 1. The van der Waals surface area contributed by atoms with E-state index < -0.39 is 0 Å². The predicted octanol–water partition coefficient (Wildman–Crippen LogP) is 4.75. The summed E-state index contributed by atoms with van der Waals surface area (Å²) >= 11 is 0. The van der Waals surface area contributed by atoms with Gasteiger partial charge in [0.1, 0.15) is 11.5 Å².